The third-order valence-corrected chi connectivity index (χ3v) is 5.82. The van der Waals surface area contributed by atoms with Crippen molar-refractivity contribution in [3.63, 3.8) is 0 Å². The van der Waals surface area contributed by atoms with E-state index in [4.69, 9.17) is 16.3 Å². The lowest BCUT2D eigenvalue weighted by Crippen LogP contribution is -2.49. The topological polar surface area (TPSA) is 58.6 Å². The van der Waals surface area contributed by atoms with E-state index in [1.54, 1.807) is 24.0 Å². The Morgan fingerprint density at radius 2 is 1.87 bits per heavy atom. The van der Waals surface area contributed by atoms with E-state index in [1.807, 2.05) is 45.0 Å². The van der Waals surface area contributed by atoms with Gasteiger partial charge < -0.3 is 15.0 Å². The van der Waals surface area contributed by atoms with Gasteiger partial charge in [0.15, 0.2) is 6.61 Å². The van der Waals surface area contributed by atoms with Gasteiger partial charge in [0.2, 0.25) is 5.91 Å². The fourth-order valence-electron chi connectivity index (χ4n) is 3.03. The second-order valence-electron chi connectivity index (χ2n) is 7.28. The fraction of sp³-hybridized carbons (Fsp3) is 0.391. The van der Waals surface area contributed by atoms with E-state index in [9.17, 15) is 9.59 Å². The van der Waals surface area contributed by atoms with E-state index in [0.717, 1.165) is 27.6 Å². The highest BCUT2D eigenvalue weighted by molar-refractivity contribution is 9.10. The van der Waals surface area contributed by atoms with Gasteiger partial charge in [0.05, 0.1) is 0 Å². The number of nitrogens with zero attached hydrogens (tertiary/aromatic N) is 1. The molecule has 2 amide bonds. The highest BCUT2D eigenvalue weighted by Crippen LogP contribution is 2.26. The normalized spacial score (nSPS) is 11.7. The first kappa shape index (κ1) is 24.2. The number of hydrogen-bond donors (Lipinski definition) is 1. The number of benzene rings is 2. The number of hydrogen-bond acceptors (Lipinski definition) is 3. The van der Waals surface area contributed by atoms with Crippen LogP contribution in [0.2, 0.25) is 5.02 Å². The average molecular weight is 496 g/mol. The van der Waals surface area contributed by atoms with Crippen LogP contribution in [0.4, 0.5) is 0 Å². The standard InChI is InChI=1S/C23H28BrClN2O3/c1-5-9-26-23(29)17(4)27(13-18-7-6-8-19(24)12-18)21(28)14-30-20-10-15(2)22(25)16(3)11-20/h6-8,10-12,17H,5,9,13-14H2,1-4H3,(H,26,29)/t17-/m0/s1. The molecule has 2 aromatic rings. The molecule has 0 heterocycles. The summed E-state index contributed by atoms with van der Waals surface area (Å²) in [5, 5.41) is 3.55. The molecule has 30 heavy (non-hydrogen) atoms. The number of rotatable bonds is 9. The van der Waals surface area contributed by atoms with Gasteiger partial charge in [-0.25, -0.2) is 0 Å². The molecule has 2 aromatic carbocycles. The van der Waals surface area contributed by atoms with Crippen molar-refractivity contribution in [3.8, 4) is 5.75 Å². The van der Waals surface area contributed by atoms with E-state index < -0.39 is 6.04 Å². The first-order valence-corrected chi connectivity index (χ1v) is 11.1. The van der Waals surface area contributed by atoms with Crippen molar-refractivity contribution in [2.45, 2.75) is 46.7 Å². The van der Waals surface area contributed by atoms with Crippen molar-refractivity contribution in [2.75, 3.05) is 13.2 Å². The van der Waals surface area contributed by atoms with Gasteiger partial charge in [0, 0.05) is 22.6 Å². The lowest BCUT2D eigenvalue weighted by atomic mass is 10.1. The quantitative estimate of drug-likeness (QED) is 0.530. The third kappa shape index (κ3) is 6.74. The zero-order valence-electron chi connectivity index (χ0n) is 17.8. The molecule has 0 aliphatic carbocycles. The Morgan fingerprint density at radius 1 is 1.20 bits per heavy atom. The van der Waals surface area contributed by atoms with E-state index in [1.165, 1.54) is 0 Å². The monoisotopic (exact) mass is 494 g/mol. The number of amides is 2. The van der Waals surface area contributed by atoms with Crippen LogP contribution in [0.5, 0.6) is 5.75 Å². The minimum Gasteiger partial charge on any atom is -0.484 e. The lowest BCUT2D eigenvalue weighted by Gasteiger charge is -2.29. The molecular weight excluding hydrogens is 468 g/mol. The van der Waals surface area contributed by atoms with Crippen LogP contribution in [0.3, 0.4) is 0 Å². The summed E-state index contributed by atoms with van der Waals surface area (Å²) in [6.07, 6.45) is 0.830. The maximum absolute atomic E-state index is 13.0. The number of aryl methyl sites for hydroxylation is 2. The van der Waals surface area contributed by atoms with Crippen molar-refractivity contribution in [1.29, 1.82) is 0 Å². The van der Waals surface area contributed by atoms with Gasteiger partial charge in [0.25, 0.3) is 5.91 Å². The zero-order chi connectivity index (χ0) is 22.3. The molecule has 0 aliphatic rings. The molecule has 0 aliphatic heterocycles. The summed E-state index contributed by atoms with van der Waals surface area (Å²) in [6.45, 7) is 8.22. The number of carbonyl (C=O) groups excluding carboxylic acids is 2. The van der Waals surface area contributed by atoms with Gasteiger partial charge in [-0.1, -0.05) is 46.6 Å². The smallest absolute Gasteiger partial charge is 0.261 e. The summed E-state index contributed by atoms with van der Waals surface area (Å²) in [6, 6.07) is 10.7. The highest BCUT2D eigenvalue weighted by atomic mass is 79.9. The number of ether oxygens (including phenoxy) is 1. The van der Waals surface area contributed by atoms with Crippen LogP contribution in [-0.2, 0) is 16.1 Å². The van der Waals surface area contributed by atoms with Crippen LogP contribution in [-0.4, -0.2) is 35.9 Å². The molecular formula is C23H28BrClN2O3. The molecule has 0 aromatic heterocycles. The summed E-state index contributed by atoms with van der Waals surface area (Å²) in [7, 11) is 0. The molecule has 0 unspecified atom stereocenters. The molecule has 2 rings (SSSR count). The Bertz CT molecular complexity index is 881. The van der Waals surface area contributed by atoms with Gasteiger partial charge >= 0.3 is 0 Å². The summed E-state index contributed by atoms with van der Waals surface area (Å²) in [4.78, 5) is 27.1. The second kappa shape index (κ2) is 11.4. The van der Waals surface area contributed by atoms with Crippen molar-refractivity contribution in [3.05, 3.63) is 62.6 Å². The molecule has 0 radical (unpaired) electrons. The molecule has 0 bridgehead atoms. The molecule has 1 N–H and O–H groups in total. The van der Waals surface area contributed by atoms with Crippen LogP contribution < -0.4 is 10.1 Å². The van der Waals surface area contributed by atoms with Gasteiger partial charge in [-0.15, -0.1) is 0 Å². The van der Waals surface area contributed by atoms with Gasteiger partial charge in [-0.05, 0) is 68.1 Å². The Balaban J connectivity index is 2.17. The Hall–Kier alpha value is -2.05. The largest absolute Gasteiger partial charge is 0.484 e. The van der Waals surface area contributed by atoms with Crippen LogP contribution in [0.15, 0.2) is 40.9 Å². The average Bonchev–Trinajstić information content (AvgIpc) is 2.71. The van der Waals surface area contributed by atoms with Crippen molar-refractivity contribution < 1.29 is 14.3 Å². The van der Waals surface area contributed by atoms with Crippen LogP contribution in [0, 0.1) is 13.8 Å². The summed E-state index contributed by atoms with van der Waals surface area (Å²) in [5.41, 5.74) is 2.70. The molecule has 1 atom stereocenters. The second-order valence-corrected chi connectivity index (χ2v) is 8.57. The molecule has 0 fully saturated rings. The Morgan fingerprint density at radius 3 is 2.47 bits per heavy atom. The maximum atomic E-state index is 13.0. The van der Waals surface area contributed by atoms with E-state index in [2.05, 4.69) is 21.2 Å². The zero-order valence-corrected chi connectivity index (χ0v) is 20.1. The number of nitrogens with one attached hydrogen (secondary N) is 1. The van der Waals surface area contributed by atoms with Gasteiger partial charge in [0.1, 0.15) is 11.8 Å². The molecule has 5 nitrogen and oxygen atoms in total. The summed E-state index contributed by atoms with van der Waals surface area (Å²) < 4.78 is 6.66. The SMILES string of the molecule is CCCNC(=O)[C@H](C)N(Cc1cccc(Br)c1)C(=O)COc1cc(C)c(Cl)c(C)c1. The van der Waals surface area contributed by atoms with E-state index in [0.29, 0.717) is 23.9 Å². The van der Waals surface area contributed by atoms with E-state index in [-0.39, 0.29) is 18.4 Å². The maximum Gasteiger partial charge on any atom is 0.261 e. The first-order valence-electron chi connectivity index (χ1n) is 9.94. The Labute approximate surface area is 191 Å². The van der Waals surface area contributed by atoms with Crippen molar-refractivity contribution in [2.24, 2.45) is 0 Å². The summed E-state index contributed by atoms with van der Waals surface area (Å²) in [5.74, 6) is 0.131. The van der Waals surface area contributed by atoms with Crippen molar-refractivity contribution in [1.82, 2.24) is 10.2 Å². The number of carbonyl (C=O) groups is 2. The highest BCUT2D eigenvalue weighted by Gasteiger charge is 2.26. The third-order valence-electron chi connectivity index (χ3n) is 4.73. The van der Waals surface area contributed by atoms with Gasteiger partial charge in [-0.2, -0.15) is 0 Å². The predicted molar refractivity (Wildman–Crippen MR) is 124 cm³/mol. The molecule has 0 saturated carbocycles. The lowest BCUT2D eigenvalue weighted by molar-refractivity contribution is -0.142. The van der Waals surface area contributed by atoms with Gasteiger partial charge in [-0.3, -0.25) is 9.59 Å². The minimum atomic E-state index is -0.625. The molecule has 7 heteroatoms. The van der Waals surface area contributed by atoms with Crippen molar-refractivity contribution >= 4 is 39.3 Å². The van der Waals surface area contributed by atoms with Crippen LogP contribution in [0.1, 0.15) is 37.0 Å². The van der Waals surface area contributed by atoms with Crippen LogP contribution in [0.25, 0.3) is 0 Å². The Kier molecular flexibility index (Phi) is 9.18. The fourth-order valence-corrected chi connectivity index (χ4v) is 3.58. The minimum absolute atomic E-state index is 0.167. The molecule has 0 saturated heterocycles. The first-order chi connectivity index (χ1) is 14.2. The number of halogens is 2. The van der Waals surface area contributed by atoms with E-state index >= 15 is 0 Å². The summed E-state index contributed by atoms with van der Waals surface area (Å²) >= 11 is 9.66. The molecule has 0 spiro atoms. The predicted octanol–water partition coefficient (Wildman–Crippen LogP) is 5.04. The molecule has 162 valence electrons. The van der Waals surface area contributed by atoms with Crippen LogP contribution >= 0.6 is 27.5 Å².